The smallest absolute Gasteiger partial charge is 0.279 e. The number of carbonyl (C=O) groups is 2. The number of amides is 2. The minimum absolute atomic E-state index is 0.166. The number of rotatable bonds is 3. The van der Waals surface area contributed by atoms with Gasteiger partial charge in [-0.2, -0.15) is 4.99 Å². The standard InChI is InChI=1S/C19H13Cl2N3O2S/c1-3-6-24-16-5-4-15(22-11(2)25)10-17(16)27-19(24)23-18(26)12-7-13(20)9-14(21)8-12/h1,4-5,7-10H,6H2,2H3,(H,22,25). The summed E-state index contributed by atoms with van der Waals surface area (Å²) >= 11 is 13.2. The minimum Gasteiger partial charge on any atom is -0.326 e. The van der Waals surface area contributed by atoms with E-state index in [-0.39, 0.29) is 18.0 Å². The molecule has 0 aliphatic carbocycles. The van der Waals surface area contributed by atoms with E-state index < -0.39 is 5.91 Å². The van der Waals surface area contributed by atoms with E-state index in [0.717, 1.165) is 10.2 Å². The molecular weight excluding hydrogens is 405 g/mol. The van der Waals surface area contributed by atoms with Crippen molar-refractivity contribution in [2.75, 3.05) is 5.32 Å². The average molecular weight is 418 g/mol. The molecule has 3 rings (SSSR count). The Labute approximate surface area is 169 Å². The van der Waals surface area contributed by atoms with Crippen LogP contribution in [-0.4, -0.2) is 16.4 Å². The molecule has 0 aliphatic rings. The van der Waals surface area contributed by atoms with Gasteiger partial charge in [-0.05, 0) is 36.4 Å². The minimum atomic E-state index is -0.473. The lowest BCUT2D eigenvalue weighted by Crippen LogP contribution is -2.16. The normalized spacial score (nSPS) is 11.4. The Morgan fingerprint density at radius 1 is 1.22 bits per heavy atom. The number of anilines is 1. The van der Waals surface area contributed by atoms with E-state index in [1.807, 2.05) is 12.1 Å². The SMILES string of the molecule is C#CCn1c(=NC(=O)c2cc(Cl)cc(Cl)c2)sc2cc(NC(C)=O)ccc21. The second-order valence-electron chi connectivity index (χ2n) is 5.61. The first kappa shape index (κ1) is 19.2. The van der Waals surface area contributed by atoms with E-state index in [1.54, 1.807) is 16.7 Å². The maximum Gasteiger partial charge on any atom is 0.279 e. The molecule has 0 radical (unpaired) electrons. The molecule has 5 nitrogen and oxygen atoms in total. The van der Waals surface area contributed by atoms with Crippen LogP contribution in [0.3, 0.4) is 0 Å². The fraction of sp³-hybridized carbons (Fsp3) is 0.105. The average Bonchev–Trinajstić information content (AvgIpc) is 2.90. The van der Waals surface area contributed by atoms with Crippen molar-refractivity contribution < 1.29 is 9.59 Å². The van der Waals surface area contributed by atoms with Gasteiger partial charge in [-0.1, -0.05) is 40.5 Å². The van der Waals surface area contributed by atoms with E-state index in [0.29, 0.717) is 20.5 Å². The summed E-state index contributed by atoms with van der Waals surface area (Å²) in [5, 5.41) is 3.44. The molecule has 0 unspecified atom stereocenters. The molecular formula is C19H13Cl2N3O2S. The second kappa shape index (κ2) is 7.97. The Bertz CT molecular complexity index is 1150. The molecule has 0 atom stereocenters. The molecule has 1 aromatic heterocycles. The zero-order valence-electron chi connectivity index (χ0n) is 14.1. The molecule has 27 heavy (non-hydrogen) atoms. The van der Waals surface area contributed by atoms with Gasteiger partial charge in [0.1, 0.15) is 0 Å². The van der Waals surface area contributed by atoms with Crippen LogP contribution in [0.4, 0.5) is 5.69 Å². The Morgan fingerprint density at radius 2 is 1.93 bits per heavy atom. The lowest BCUT2D eigenvalue weighted by molar-refractivity contribution is -0.114. The molecule has 0 saturated heterocycles. The number of nitrogens with one attached hydrogen (secondary N) is 1. The number of thiazole rings is 1. The third kappa shape index (κ3) is 4.40. The third-order valence-electron chi connectivity index (χ3n) is 3.56. The van der Waals surface area contributed by atoms with Gasteiger partial charge in [0.2, 0.25) is 5.91 Å². The number of benzene rings is 2. The van der Waals surface area contributed by atoms with Gasteiger partial charge in [0.05, 0.1) is 16.8 Å². The first-order valence-corrected chi connectivity index (χ1v) is 9.34. The molecule has 136 valence electrons. The molecule has 1 heterocycles. The summed E-state index contributed by atoms with van der Waals surface area (Å²) in [5.41, 5.74) is 1.77. The van der Waals surface area contributed by atoms with Crippen LogP contribution < -0.4 is 10.1 Å². The Hall–Kier alpha value is -2.59. The number of terminal acetylenes is 1. The van der Waals surface area contributed by atoms with Gasteiger partial charge in [-0.15, -0.1) is 6.42 Å². The van der Waals surface area contributed by atoms with Gasteiger partial charge >= 0.3 is 0 Å². The number of hydrogen-bond acceptors (Lipinski definition) is 3. The fourth-order valence-corrected chi connectivity index (χ4v) is 4.11. The van der Waals surface area contributed by atoms with Crippen LogP contribution in [0.5, 0.6) is 0 Å². The van der Waals surface area contributed by atoms with Crippen molar-refractivity contribution in [1.29, 1.82) is 0 Å². The Kier molecular flexibility index (Phi) is 5.66. The van der Waals surface area contributed by atoms with E-state index in [2.05, 4.69) is 16.2 Å². The topological polar surface area (TPSA) is 63.5 Å². The Balaban J connectivity index is 2.12. The number of halogens is 2. The van der Waals surface area contributed by atoms with Crippen molar-refractivity contribution >= 4 is 62.3 Å². The molecule has 8 heteroatoms. The summed E-state index contributed by atoms with van der Waals surface area (Å²) in [6, 6.07) is 9.97. The summed E-state index contributed by atoms with van der Waals surface area (Å²) in [4.78, 5) is 28.5. The van der Waals surface area contributed by atoms with Gasteiger partial charge in [0, 0.05) is 28.2 Å². The van der Waals surface area contributed by atoms with E-state index in [1.165, 1.54) is 30.4 Å². The van der Waals surface area contributed by atoms with Crippen molar-refractivity contribution in [3.05, 3.63) is 56.8 Å². The Morgan fingerprint density at radius 3 is 2.56 bits per heavy atom. The van der Waals surface area contributed by atoms with Crippen LogP contribution >= 0.6 is 34.5 Å². The third-order valence-corrected chi connectivity index (χ3v) is 5.04. The highest BCUT2D eigenvalue weighted by atomic mass is 35.5. The summed E-state index contributed by atoms with van der Waals surface area (Å²) in [5.74, 6) is 1.93. The summed E-state index contributed by atoms with van der Waals surface area (Å²) in [6.07, 6.45) is 5.47. The molecule has 0 spiro atoms. The van der Waals surface area contributed by atoms with Gasteiger partial charge in [-0.3, -0.25) is 9.59 Å². The van der Waals surface area contributed by atoms with Crippen molar-refractivity contribution in [1.82, 2.24) is 4.57 Å². The largest absolute Gasteiger partial charge is 0.326 e. The summed E-state index contributed by atoms with van der Waals surface area (Å²) < 4.78 is 2.61. The van der Waals surface area contributed by atoms with Crippen LogP contribution in [0.25, 0.3) is 10.2 Å². The molecule has 1 N–H and O–H groups in total. The van der Waals surface area contributed by atoms with Crippen LogP contribution in [0.2, 0.25) is 10.0 Å². The number of nitrogens with zero attached hydrogens (tertiary/aromatic N) is 2. The number of aromatic nitrogens is 1. The zero-order valence-corrected chi connectivity index (χ0v) is 16.5. The van der Waals surface area contributed by atoms with Crippen LogP contribution in [0.1, 0.15) is 17.3 Å². The van der Waals surface area contributed by atoms with Gasteiger partial charge in [-0.25, -0.2) is 0 Å². The maximum atomic E-state index is 12.6. The van der Waals surface area contributed by atoms with Crippen molar-refractivity contribution in [3.8, 4) is 12.3 Å². The predicted molar refractivity (Wildman–Crippen MR) is 109 cm³/mol. The quantitative estimate of drug-likeness (QED) is 0.644. The van der Waals surface area contributed by atoms with Gasteiger partial charge in [0.15, 0.2) is 4.80 Å². The number of hydrogen-bond donors (Lipinski definition) is 1. The van der Waals surface area contributed by atoms with Crippen LogP contribution in [0.15, 0.2) is 41.4 Å². The van der Waals surface area contributed by atoms with Crippen molar-refractivity contribution in [2.45, 2.75) is 13.5 Å². The monoisotopic (exact) mass is 417 g/mol. The molecule has 0 bridgehead atoms. The first-order chi connectivity index (χ1) is 12.9. The van der Waals surface area contributed by atoms with Crippen LogP contribution in [0, 0.1) is 12.3 Å². The maximum absolute atomic E-state index is 12.6. The number of carbonyl (C=O) groups excluding carboxylic acids is 2. The first-order valence-electron chi connectivity index (χ1n) is 7.77. The predicted octanol–water partition coefficient (Wildman–Crippen LogP) is 4.34. The molecule has 0 saturated carbocycles. The van der Waals surface area contributed by atoms with Crippen LogP contribution in [-0.2, 0) is 11.3 Å². The lowest BCUT2D eigenvalue weighted by atomic mass is 10.2. The molecule has 2 amide bonds. The van der Waals surface area contributed by atoms with E-state index >= 15 is 0 Å². The molecule has 2 aromatic carbocycles. The van der Waals surface area contributed by atoms with Crippen molar-refractivity contribution in [2.24, 2.45) is 4.99 Å². The van der Waals surface area contributed by atoms with Gasteiger partial charge in [0.25, 0.3) is 5.91 Å². The molecule has 0 aliphatic heterocycles. The molecule has 0 fully saturated rings. The lowest BCUT2D eigenvalue weighted by Gasteiger charge is -2.03. The molecule has 3 aromatic rings. The highest BCUT2D eigenvalue weighted by Gasteiger charge is 2.11. The zero-order chi connectivity index (χ0) is 19.6. The van der Waals surface area contributed by atoms with E-state index in [9.17, 15) is 9.59 Å². The summed E-state index contributed by atoms with van der Waals surface area (Å²) in [7, 11) is 0. The fourth-order valence-electron chi connectivity index (χ4n) is 2.51. The second-order valence-corrected chi connectivity index (χ2v) is 7.50. The van der Waals surface area contributed by atoms with Crippen molar-refractivity contribution in [3.63, 3.8) is 0 Å². The highest BCUT2D eigenvalue weighted by molar-refractivity contribution is 7.16. The van der Waals surface area contributed by atoms with E-state index in [4.69, 9.17) is 29.6 Å². The highest BCUT2D eigenvalue weighted by Crippen LogP contribution is 2.23. The van der Waals surface area contributed by atoms with Gasteiger partial charge < -0.3 is 9.88 Å². The summed E-state index contributed by atoms with van der Waals surface area (Å²) in [6.45, 7) is 1.69. The number of fused-ring (bicyclic) bond motifs is 1.